The molecule has 0 saturated carbocycles. The number of ether oxygens (including phenoxy) is 1. The second kappa shape index (κ2) is 6.76. The third-order valence-corrected chi connectivity index (χ3v) is 3.72. The van der Waals surface area contributed by atoms with Crippen LogP contribution in [0.1, 0.15) is 42.6 Å². The molecular formula is C16H18FN3O3. The van der Waals surface area contributed by atoms with Crippen molar-refractivity contribution in [3.63, 3.8) is 0 Å². The number of carbonyl (C=O) groups excluding carboxylic acids is 1. The number of carbonyl (C=O) groups is 1. The number of hydrogen-bond acceptors (Lipinski definition) is 5. The molecule has 122 valence electrons. The maximum absolute atomic E-state index is 13.3. The van der Waals surface area contributed by atoms with Crippen LogP contribution < -0.4 is 10.1 Å². The summed E-state index contributed by atoms with van der Waals surface area (Å²) in [6.07, 6.45) is 2.20. The quantitative estimate of drug-likeness (QED) is 0.937. The fourth-order valence-electron chi connectivity index (χ4n) is 2.62. The van der Waals surface area contributed by atoms with Gasteiger partial charge in [-0.15, -0.1) is 0 Å². The monoisotopic (exact) mass is 319 g/mol. The van der Waals surface area contributed by atoms with E-state index in [9.17, 15) is 9.18 Å². The zero-order valence-corrected chi connectivity index (χ0v) is 12.8. The molecule has 0 fully saturated rings. The summed E-state index contributed by atoms with van der Waals surface area (Å²) in [4.78, 5) is 16.2. The molecule has 1 aromatic heterocycles. The van der Waals surface area contributed by atoms with Crippen LogP contribution in [0, 0.1) is 12.7 Å². The molecule has 2 aromatic rings. The Morgan fingerprint density at radius 3 is 3.13 bits per heavy atom. The van der Waals surface area contributed by atoms with Gasteiger partial charge in [-0.05, 0) is 25.8 Å². The van der Waals surface area contributed by atoms with Crippen LogP contribution in [0.25, 0.3) is 0 Å². The molecular weight excluding hydrogens is 301 g/mol. The Kier molecular flexibility index (Phi) is 4.55. The second-order valence-electron chi connectivity index (χ2n) is 5.53. The molecule has 1 amide bonds. The number of benzene rings is 1. The van der Waals surface area contributed by atoms with Gasteiger partial charge in [-0.25, -0.2) is 4.39 Å². The summed E-state index contributed by atoms with van der Waals surface area (Å²) in [5, 5.41) is 6.67. The number of nitrogens with zero attached hydrogens (tertiary/aromatic N) is 2. The molecule has 0 bridgehead atoms. The summed E-state index contributed by atoms with van der Waals surface area (Å²) in [6.45, 7) is 2.25. The topological polar surface area (TPSA) is 77.2 Å². The summed E-state index contributed by atoms with van der Waals surface area (Å²) < 4.78 is 23.9. The van der Waals surface area contributed by atoms with Gasteiger partial charge in [0.05, 0.1) is 12.6 Å². The van der Waals surface area contributed by atoms with E-state index in [-0.39, 0.29) is 24.2 Å². The van der Waals surface area contributed by atoms with E-state index < -0.39 is 0 Å². The van der Waals surface area contributed by atoms with Crippen molar-refractivity contribution in [3.8, 4) is 5.75 Å². The molecule has 0 radical (unpaired) electrons. The summed E-state index contributed by atoms with van der Waals surface area (Å²) in [6, 6.07) is 4.24. The van der Waals surface area contributed by atoms with E-state index in [4.69, 9.17) is 9.26 Å². The minimum atomic E-state index is -0.345. The highest BCUT2D eigenvalue weighted by Crippen LogP contribution is 2.32. The lowest BCUT2D eigenvalue weighted by atomic mass is 10.0. The molecule has 0 spiro atoms. The van der Waals surface area contributed by atoms with Gasteiger partial charge in [0.2, 0.25) is 11.8 Å². The molecule has 1 N–H and O–H groups in total. The van der Waals surface area contributed by atoms with Gasteiger partial charge in [-0.2, -0.15) is 4.98 Å². The van der Waals surface area contributed by atoms with Crippen molar-refractivity contribution < 1.29 is 18.4 Å². The van der Waals surface area contributed by atoms with E-state index in [0.717, 1.165) is 18.4 Å². The fourth-order valence-corrected chi connectivity index (χ4v) is 2.62. The first-order valence-corrected chi connectivity index (χ1v) is 7.62. The molecule has 6 nitrogen and oxygen atoms in total. The third-order valence-electron chi connectivity index (χ3n) is 3.72. The Hall–Kier alpha value is -2.44. The van der Waals surface area contributed by atoms with Crippen LogP contribution in [0.15, 0.2) is 22.7 Å². The van der Waals surface area contributed by atoms with Crippen LogP contribution in [0.4, 0.5) is 4.39 Å². The van der Waals surface area contributed by atoms with Gasteiger partial charge in [0.1, 0.15) is 11.6 Å². The van der Waals surface area contributed by atoms with Crippen LogP contribution in [0.5, 0.6) is 5.75 Å². The van der Waals surface area contributed by atoms with Crippen LogP contribution >= 0.6 is 0 Å². The molecule has 3 rings (SSSR count). The molecule has 23 heavy (non-hydrogen) atoms. The lowest BCUT2D eigenvalue weighted by Gasteiger charge is -2.18. The number of amides is 1. The highest BCUT2D eigenvalue weighted by atomic mass is 19.1. The minimum Gasteiger partial charge on any atom is -0.493 e. The maximum atomic E-state index is 13.3. The Bertz CT molecular complexity index is 702. The SMILES string of the molecule is Cc1noc(CCC(=O)N[C@@H]2CCCOc3cc(F)ccc32)n1. The fraction of sp³-hybridized carbons (Fsp3) is 0.438. The van der Waals surface area contributed by atoms with E-state index in [0.29, 0.717) is 30.5 Å². The standard InChI is InChI=1S/C16H18FN3O3/c1-10-18-16(23-20-10)7-6-15(21)19-13-3-2-8-22-14-9-11(17)4-5-12(13)14/h4-5,9,13H,2-3,6-8H2,1H3,(H,19,21)/t13-/m1/s1. The molecule has 0 unspecified atom stereocenters. The van der Waals surface area contributed by atoms with Crippen LogP contribution in [0.2, 0.25) is 0 Å². The molecule has 2 heterocycles. The molecule has 0 saturated heterocycles. The Morgan fingerprint density at radius 2 is 2.35 bits per heavy atom. The molecule has 1 atom stereocenters. The van der Waals surface area contributed by atoms with E-state index in [1.165, 1.54) is 12.1 Å². The molecule has 1 aliphatic heterocycles. The molecule has 1 aliphatic rings. The minimum absolute atomic E-state index is 0.108. The van der Waals surface area contributed by atoms with Crippen molar-refractivity contribution >= 4 is 5.91 Å². The van der Waals surface area contributed by atoms with Crippen molar-refractivity contribution in [2.75, 3.05) is 6.61 Å². The highest BCUT2D eigenvalue weighted by Gasteiger charge is 2.22. The first kappa shape index (κ1) is 15.5. The summed E-state index contributed by atoms with van der Waals surface area (Å²) in [5.41, 5.74) is 0.811. The normalized spacial score (nSPS) is 17.0. The number of halogens is 1. The van der Waals surface area contributed by atoms with Crippen LogP contribution in [-0.4, -0.2) is 22.7 Å². The van der Waals surface area contributed by atoms with Gasteiger partial charge in [-0.3, -0.25) is 4.79 Å². The van der Waals surface area contributed by atoms with Crippen molar-refractivity contribution in [2.24, 2.45) is 0 Å². The average molecular weight is 319 g/mol. The average Bonchev–Trinajstić information content (AvgIpc) is 2.84. The number of fused-ring (bicyclic) bond motifs is 1. The summed E-state index contributed by atoms with van der Waals surface area (Å²) in [7, 11) is 0. The smallest absolute Gasteiger partial charge is 0.227 e. The van der Waals surface area contributed by atoms with Crippen LogP contribution in [0.3, 0.4) is 0 Å². The first-order chi connectivity index (χ1) is 11.1. The number of nitrogens with one attached hydrogen (secondary N) is 1. The number of rotatable bonds is 4. The largest absolute Gasteiger partial charge is 0.493 e. The van der Waals surface area contributed by atoms with Gasteiger partial charge in [0, 0.05) is 24.5 Å². The Balaban J connectivity index is 1.64. The maximum Gasteiger partial charge on any atom is 0.227 e. The molecule has 7 heteroatoms. The number of aryl methyl sites for hydroxylation is 2. The van der Waals surface area contributed by atoms with Crippen molar-refractivity contribution in [3.05, 3.63) is 41.3 Å². The van der Waals surface area contributed by atoms with E-state index in [1.54, 1.807) is 13.0 Å². The lowest BCUT2D eigenvalue weighted by molar-refractivity contribution is -0.121. The number of aromatic nitrogens is 2. The van der Waals surface area contributed by atoms with E-state index >= 15 is 0 Å². The van der Waals surface area contributed by atoms with Crippen molar-refractivity contribution in [1.29, 1.82) is 0 Å². The van der Waals surface area contributed by atoms with Crippen LogP contribution in [-0.2, 0) is 11.2 Å². The van der Waals surface area contributed by atoms with Gasteiger partial charge in [0.15, 0.2) is 5.82 Å². The first-order valence-electron chi connectivity index (χ1n) is 7.62. The van der Waals surface area contributed by atoms with Gasteiger partial charge >= 0.3 is 0 Å². The Morgan fingerprint density at radius 1 is 1.48 bits per heavy atom. The third kappa shape index (κ3) is 3.85. The van der Waals surface area contributed by atoms with Gasteiger partial charge < -0.3 is 14.6 Å². The van der Waals surface area contributed by atoms with Gasteiger partial charge in [0.25, 0.3) is 0 Å². The zero-order valence-electron chi connectivity index (χ0n) is 12.8. The second-order valence-corrected chi connectivity index (χ2v) is 5.53. The van der Waals surface area contributed by atoms with Crippen molar-refractivity contribution in [2.45, 2.75) is 38.6 Å². The van der Waals surface area contributed by atoms with E-state index in [2.05, 4.69) is 15.5 Å². The molecule has 0 aliphatic carbocycles. The van der Waals surface area contributed by atoms with E-state index in [1.807, 2.05) is 0 Å². The Labute approximate surface area is 133 Å². The predicted octanol–water partition coefficient (Wildman–Crippen LogP) is 2.48. The summed E-state index contributed by atoms with van der Waals surface area (Å²) >= 11 is 0. The molecule has 1 aromatic carbocycles. The zero-order chi connectivity index (χ0) is 16.2. The predicted molar refractivity (Wildman–Crippen MR) is 79.4 cm³/mol. The van der Waals surface area contributed by atoms with Crippen molar-refractivity contribution in [1.82, 2.24) is 15.5 Å². The summed E-state index contributed by atoms with van der Waals surface area (Å²) in [5.74, 6) is 1.05. The number of hydrogen-bond donors (Lipinski definition) is 1. The lowest BCUT2D eigenvalue weighted by Crippen LogP contribution is -2.28. The van der Waals surface area contributed by atoms with Gasteiger partial charge in [-0.1, -0.05) is 11.2 Å². The highest BCUT2D eigenvalue weighted by molar-refractivity contribution is 5.76.